The van der Waals surface area contributed by atoms with Crippen LogP contribution in [0.1, 0.15) is 18.5 Å². The quantitative estimate of drug-likeness (QED) is 0.871. The fourth-order valence-electron chi connectivity index (χ4n) is 1.26. The van der Waals surface area contributed by atoms with Gasteiger partial charge in [-0.3, -0.25) is 0 Å². The number of nitrogens with two attached hydrogens (primary N) is 1. The molecule has 3 nitrogen and oxygen atoms in total. The Hall–Kier alpha value is -0.560. The molecule has 2 rings (SSSR count). The Morgan fingerprint density at radius 3 is 2.35 bits per heavy atom. The second-order valence-electron chi connectivity index (χ2n) is 3.50. The van der Waals surface area contributed by atoms with Crippen molar-refractivity contribution in [3.8, 4) is 0 Å². The molecule has 1 unspecified atom stereocenters. The maximum atomic E-state index is 5.81. The molecular weight excluding hydrogens is 270 g/mol. The first-order chi connectivity index (χ1) is 8.19. The molecule has 1 aromatic carbocycles. The third-order valence-electron chi connectivity index (χ3n) is 2.17. The highest BCUT2D eigenvalue weighted by atomic mass is 32.2. The van der Waals surface area contributed by atoms with Gasteiger partial charge in [-0.05, 0) is 30.9 Å². The average Bonchev–Trinajstić information content (AvgIpc) is 2.77. The van der Waals surface area contributed by atoms with Gasteiger partial charge >= 0.3 is 0 Å². The van der Waals surface area contributed by atoms with E-state index in [-0.39, 0.29) is 6.04 Å². The van der Waals surface area contributed by atoms with Crippen LogP contribution in [-0.2, 0) is 0 Å². The predicted molar refractivity (Wildman–Crippen MR) is 74.9 cm³/mol. The number of rotatable bonds is 4. The lowest BCUT2D eigenvalue weighted by molar-refractivity contribution is 0.817. The Morgan fingerprint density at radius 2 is 1.82 bits per heavy atom. The lowest BCUT2D eigenvalue weighted by Gasteiger charge is -2.05. The molecule has 0 saturated carbocycles. The van der Waals surface area contributed by atoms with Gasteiger partial charge in [0.1, 0.15) is 0 Å². The molecule has 0 aliphatic rings. The number of nitrogens with zero attached hydrogens (tertiary/aromatic N) is 2. The van der Waals surface area contributed by atoms with Crippen molar-refractivity contribution in [1.29, 1.82) is 0 Å². The van der Waals surface area contributed by atoms with Crippen LogP contribution in [0, 0.1) is 0 Å². The van der Waals surface area contributed by atoms with Crippen LogP contribution in [-0.4, -0.2) is 16.5 Å². The highest BCUT2D eigenvalue weighted by Gasteiger charge is 2.05. The standard InChI is InChI=1S/C11H13N3S3/c1-7(12)8-3-5-9(6-4-8)16-11-14-13-10(15-2)17-11/h3-7H,12H2,1-2H3. The first kappa shape index (κ1) is 12.9. The van der Waals surface area contributed by atoms with Crippen LogP contribution in [0.25, 0.3) is 0 Å². The zero-order valence-electron chi connectivity index (χ0n) is 9.58. The second-order valence-corrected chi connectivity index (χ2v) is 6.85. The monoisotopic (exact) mass is 283 g/mol. The molecule has 1 atom stereocenters. The van der Waals surface area contributed by atoms with Gasteiger partial charge in [-0.2, -0.15) is 0 Å². The van der Waals surface area contributed by atoms with Gasteiger partial charge in [0.2, 0.25) is 0 Å². The molecule has 0 aliphatic heterocycles. The Labute approximate surface area is 113 Å². The maximum absolute atomic E-state index is 5.81. The molecule has 2 N–H and O–H groups in total. The van der Waals surface area contributed by atoms with Crippen molar-refractivity contribution in [3.05, 3.63) is 29.8 Å². The van der Waals surface area contributed by atoms with Gasteiger partial charge in [0, 0.05) is 10.9 Å². The topological polar surface area (TPSA) is 51.8 Å². The third kappa shape index (κ3) is 3.45. The molecule has 0 fully saturated rings. The first-order valence-corrected chi connectivity index (χ1v) is 7.95. The summed E-state index contributed by atoms with van der Waals surface area (Å²) in [5.41, 5.74) is 6.96. The molecule has 0 amide bonds. The molecule has 0 saturated heterocycles. The maximum Gasteiger partial charge on any atom is 0.179 e. The van der Waals surface area contributed by atoms with E-state index in [1.165, 1.54) is 4.90 Å². The van der Waals surface area contributed by atoms with E-state index in [1.807, 2.05) is 13.2 Å². The molecule has 6 heteroatoms. The first-order valence-electron chi connectivity index (χ1n) is 5.10. The van der Waals surface area contributed by atoms with E-state index >= 15 is 0 Å². The van der Waals surface area contributed by atoms with E-state index in [9.17, 15) is 0 Å². The van der Waals surface area contributed by atoms with Crippen LogP contribution < -0.4 is 5.73 Å². The van der Waals surface area contributed by atoms with Crippen molar-refractivity contribution in [2.45, 2.75) is 26.5 Å². The highest BCUT2D eigenvalue weighted by Crippen LogP contribution is 2.32. The van der Waals surface area contributed by atoms with Crippen molar-refractivity contribution in [1.82, 2.24) is 10.2 Å². The second kappa shape index (κ2) is 5.86. The summed E-state index contributed by atoms with van der Waals surface area (Å²) in [6, 6.07) is 8.35. The molecule has 1 aromatic heterocycles. The summed E-state index contributed by atoms with van der Waals surface area (Å²) in [6.45, 7) is 1.98. The van der Waals surface area contributed by atoms with Crippen molar-refractivity contribution in [3.63, 3.8) is 0 Å². The van der Waals surface area contributed by atoms with Gasteiger partial charge in [0.05, 0.1) is 0 Å². The molecule has 0 bridgehead atoms. The van der Waals surface area contributed by atoms with Gasteiger partial charge < -0.3 is 5.73 Å². The van der Waals surface area contributed by atoms with Crippen LogP contribution in [0.15, 0.2) is 37.8 Å². The summed E-state index contributed by atoms with van der Waals surface area (Å²) in [5.74, 6) is 0. The zero-order valence-corrected chi connectivity index (χ0v) is 12.0. The van der Waals surface area contributed by atoms with Crippen molar-refractivity contribution in [2.24, 2.45) is 5.73 Å². The Bertz CT molecular complexity index is 479. The van der Waals surface area contributed by atoms with Crippen LogP contribution in [0.3, 0.4) is 0 Å². The van der Waals surface area contributed by atoms with Crippen LogP contribution >= 0.6 is 34.9 Å². The van der Waals surface area contributed by atoms with E-state index in [2.05, 4.69) is 34.5 Å². The number of hydrogen-bond acceptors (Lipinski definition) is 6. The molecular formula is C11H13N3S3. The lowest BCUT2D eigenvalue weighted by atomic mass is 10.1. The molecule has 0 radical (unpaired) electrons. The number of aromatic nitrogens is 2. The van der Waals surface area contributed by atoms with Crippen LogP contribution in [0.4, 0.5) is 0 Å². The summed E-state index contributed by atoms with van der Waals surface area (Å²) in [6.07, 6.45) is 2.01. The summed E-state index contributed by atoms with van der Waals surface area (Å²) in [7, 11) is 0. The molecule has 90 valence electrons. The Morgan fingerprint density at radius 1 is 1.18 bits per heavy atom. The number of benzene rings is 1. The van der Waals surface area contributed by atoms with Gasteiger partial charge in [0.25, 0.3) is 0 Å². The molecule has 0 aliphatic carbocycles. The van der Waals surface area contributed by atoms with Gasteiger partial charge in [-0.15, -0.1) is 10.2 Å². The minimum absolute atomic E-state index is 0.0821. The summed E-state index contributed by atoms with van der Waals surface area (Å²) >= 11 is 4.87. The largest absolute Gasteiger partial charge is 0.324 e. The van der Waals surface area contributed by atoms with E-state index in [0.717, 1.165) is 14.2 Å². The van der Waals surface area contributed by atoms with Crippen molar-refractivity contribution in [2.75, 3.05) is 6.26 Å². The molecule has 2 aromatic rings. The number of thioether (sulfide) groups is 1. The zero-order chi connectivity index (χ0) is 12.3. The van der Waals surface area contributed by atoms with E-state index in [4.69, 9.17) is 5.73 Å². The predicted octanol–water partition coefficient (Wildman–Crippen LogP) is 3.43. The van der Waals surface area contributed by atoms with Gasteiger partial charge in [0.15, 0.2) is 8.68 Å². The summed E-state index contributed by atoms with van der Waals surface area (Å²) in [4.78, 5) is 1.17. The minimum Gasteiger partial charge on any atom is -0.324 e. The van der Waals surface area contributed by atoms with Crippen molar-refractivity contribution < 1.29 is 0 Å². The fourth-order valence-corrected chi connectivity index (χ4v) is 3.67. The van der Waals surface area contributed by atoms with Crippen molar-refractivity contribution >= 4 is 34.9 Å². The van der Waals surface area contributed by atoms with Gasteiger partial charge in [-0.1, -0.05) is 47.0 Å². The summed E-state index contributed by atoms with van der Waals surface area (Å²) in [5, 5.41) is 8.19. The van der Waals surface area contributed by atoms with Crippen LogP contribution in [0.5, 0.6) is 0 Å². The van der Waals surface area contributed by atoms with Crippen LogP contribution in [0.2, 0.25) is 0 Å². The SMILES string of the molecule is CSc1nnc(Sc2ccc(C(C)N)cc2)s1. The van der Waals surface area contributed by atoms with E-state index in [0.29, 0.717) is 0 Å². The molecule has 0 spiro atoms. The van der Waals surface area contributed by atoms with E-state index in [1.54, 1.807) is 34.9 Å². The third-order valence-corrected chi connectivity index (χ3v) is 5.13. The molecule has 1 heterocycles. The van der Waals surface area contributed by atoms with Gasteiger partial charge in [-0.25, -0.2) is 0 Å². The Kier molecular flexibility index (Phi) is 4.44. The highest BCUT2D eigenvalue weighted by molar-refractivity contribution is 8.03. The summed E-state index contributed by atoms with van der Waals surface area (Å²) < 4.78 is 1.97. The molecule has 17 heavy (non-hydrogen) atoms. The lowest BCUT2D eigenvalue weighted by Crippen LogP contribution is -2.04. The normalized spacial score (nSPS) is 12.6. The van der Waals surface area contributed by atoms with E-state index < -0.39 is 0 Å². The average molecular weight is 283 g/mol. The number of hydrogen-bond donors (Lipinski definition) is 1. The minimum atomic E-state index is 0.0821. The smallest absolute Gasteiger partial charge is 0.179 e. The Balaban J connectivity index is 2.08. The fraction of sp³-hybridized carbons (Fsp3) is 0.273.